The van der Waals surface area contributed by atoms with Crippen molar-refractivity contribution in [2.45, 2.75) is 6.54 Å². The van der Waals surface area contributed by atoms with Gasteiger partial charge in [-0.1, -0.05) is 11.6 Å². The van der Waals surface area contributed by atoms with E-state index in [9.17, 15) is 10.1 Å². The lowest BCUT2D eigenvalue weighted by atomic mass is 10.2. The van der Waals surface area contributed by atoms with Crippen molar-refractivity contribution in [1.82, 2.24) is 0 Å². The highest BCUT2D eigenvalue weighted by Gasteiger charge is 2.15. The van der Waals surface area contributed by atoms with E-state index in [1.807, 2.05) is 0 Å². The van der Waals surface area contributed by atoms with Crippen molar-refractivity contribution in [2.24, 2.45) is 5.73 Å². The molecule has 0 bridgehead atoms. The molecule has 0 saturated carbocycles. The summed E-state index contributed by atoms with van der Waals surface area (Å²) in [7, 11) is 0. The monoisotopic (exact) mass is 264 g/mol. The smallest absolute Gasteiger partial charge is 0.285 e. The Balaban J connectivity index is 3.35. The van der Waals surface area contributed by atoms with Gasteiger partial charge in [-0.05, 0) is 27.6 Å². The number of halogens is 2. The summed E-state index contributed by atoms with van der Waals surface area (Å²) in [5.74, 6) is 0. The third-order valence-corrected chi connectivity index (χ3v) is 2.64. The summed E-state index contributed by atoms with van der Waals surface area (Å²) in [5, 5.41) is 10.8. The summed E-state index contributed by atoms with van der Waals surface area (Å²) in [6, 6.07) is 2.88. The van der Waals surface area contributed by atoms with E-state index in [4.69, 9.17) is 17.3 Å². The van der Waals surface area contributed by atoms with Crippen molar-refractivity contribution in [2.75, 3.05) is 0 Å². The molecule has 70 valence electrons. The van der Waals surface area contributed by atoms with Gasteiger partial charge in [0, 0.05) is 17.6 Å². The Kier molecular flexibility index (Phi) is 3.24. The minimum atomic E-state index is -0.505. The number of nitro groups is 1. The van der Waals surface area contributed by atoms with Crippen LogP contribution in [0.4, 0.5) is 5.69 Å². The lowest BCUT2D eigenvalue weighted by Crippen LogP contribution is -2.00. The largest absolute Gasteiger partial charge is 0.326 e. The number of nitrogens with two attached hydrogens (primary N) is 1. The van der Waals surface area contributed by atoms with Crippen LogP contribution in [0, 0.1) is 10.1 Å². The van der Waals surface area contributed by atoms with Crippen molar-refractivity contribution in [3.05, 3.63) is 37.3 Å². The first kappa shape index (κ1) is 10.4. The summed E-state index contributed by atoms with van der Waals surface area (Å²) in [6.45, 7) is 0.210. The first-order chi connectivity index (χ1) is 6.06. The van der Waals surface area contributed by atoms with E-state index < -0.39 is 4.92 Å². The lowest BCUT2D eigenvalue weighted by Gasteiger charge is -2.02. The van der Waals surface area contributed by atoms with E-state index in [-0.39, 0.29) is 12.2 Å². The van der Waals surface area contributed by atoms with E-state index in [2.05, 4.69) is 15.9 Å². The summed E-state index contributed by atoms with van der Waals surface area (Å²) < 4.78 is 0.393. The average Bonchev–Trinajstić information content (AvgIpc) is 2.08. The second-order valence-corrected chi connectivity index (χ2v) is 3.59. The summed E-state index contributed by atoms with van der Waals surface area (Å²) in [6.07, 6.45) is 0. The molecule has 2 N–H and O–H groups in total. The van der Waals surface area contributed by atoms with Crippen LogP contribution in [-0.2, 0) is 6.54 Å². The predicted octanol–water partition coefficient (Wildman–Crippen LogP) is 2.47. The first-order valence-electron chi connectivity index (χ1n) is 3.38. The second kappa shape index (κ2) is 4.04. The van der Waals surface area contributed by atoms with Crippen molar-refractivity contribution < 1.29 is 4.92 Å². The molecule has 0 radical (unpaired) electrons. The lowest BCUT2D eigenvalue weighted by molar-refractivity contribution is -0.385. The van der Waals surface area contributed by atoms with Gasteiger partial charge in [0.1, 0.15) is 0 Å². The van der Waals surface area contributed by atoms with Gasteiger partial charge in [0.2, 0.25) is 0 Å². The maximum Gasteiger partial charge on any atom is 0.285 e. The molecule has 0 heterocycles. The van der Waals surface area contributed by atoms with Crippen molar-refractivity contribution in [3.8, 4) is 0 Å². The molecule has 0 saturated heterocycles. The van der Waals surface area contributed by atoms with E-state index in [1.165, 1.54) is 6.07 Å². The number of benzene rings is 1. The number of hydrogen-bond donors (Lipinski definition) is 1. The Morgan fingerprint density at radius 1 is 1.62 bits per heavy atom. The highest BCUT2D eigenvalue weighted by atomic mass is 79.9. The number of nitrogens with zero attached hydrogens (tertiary/aromatic N) is 1. The molecule has 4 nitrogen and oxygen atoms in total. The molecule has 0 aromatic heterocycles. The Bertz CT molecular complexity index is 357. The highest BCUT2D eigenvalue weighted by molar-refractivity contribution is 9.10. The van der Waals surface area contributed by atoms with Gasteiger partial charge in [-0.15, -0.1) is 0 Å². The maximum absolute atomic E-state index is 10.5. The molecule has 6 heteroatoms. The topological polar surface area (TPSA) is 69.2 Å². The number of hydrogen-bond acceptors (Lipinski definition) is 3. The van der Waals surface area contributed by atoms with E-state index in [0.29, 0.717) is 15.1 Å². The molecular formula is C7H6BrClN2O2. The molecule has 0 aliphatic heterocycles. The van der Waals surface area contributed by atoms with Crippen LogP contribution in [0.15, 0.2) is 16.6 Å². The average molecular weight is 265 g/mol. The zero-order valence-corrected chi connectivity index (χ0v) is 8.80. The fourth-order valence-corrected chi connectivity index (χ4v) is 1.68. The van der Waals surface area contributed by atoms with Crippen LogP contribution in [-0.4, -0.2) is 4.92 Å². The van der Waals surface area contributed by atoms with Crippen LogP contribution >= 0.6 is 27.5 Å². The van der Waals surface area contributed by atoms with Crippen LogP contribution in [0.25, 0.3) is 0 Å². The third kappa shape index (κ3) is 2.18. The molecule has 0 spiro atoms. The molecule has 0 amide bonds. The fourth-order valence-electron chi connectivity index (χ4n) is 0.911. The molecule has 0 atom stereocenters. The second-order valence-electron chi connectivity index (χ2n) is 2.36. The van der Waals surface area contributed by atoms with Gasteiger partial charge in [-0.2, -0.15) is 0 Å². The summed E-state index contributed by atoms with van der Waals surface area (Å²) in [5.41, 5.74) is 5.94. The Morgan fingerprint density at radius 3 is 2.69 bits per heavy atom. The number of rotatable bonds is 2. The van der Waals surface area contributed by atoms with Gasteiger partial charge < -0.3 is 5.73 Å². The standard InChI is InChI=1S/C7H6BrClN2O2/c8-7-4(3-10)1-5(9)2-6(7)11(12)13/h1-2H,3,10H2. The van der Waals surface area contributed by atoms with Crippen LogP contribution in [0.2, 0.25) is 5.02 Å². The molecule has 13 heavy (non-hydrogen) atoms. The molecule has 1 aromatic carbocycles. The van der Waals surface area contributed by atoms with Gasteiger partial charge in [-0.25, -0.2) is 0 Å². The fraction of sp³-hybridized carbons (Fsp3) is 0.143. The SMILES string of the molecule is NCc1cc(Cl)cc([N+](=O)[O-])c1Br. The molecule has 0 unspecified atom stereocenters. The van der Waals surface area contributed by atoms with Crippen LogP contribution < -0.4 is 5.73 Å². The van der Waals surface area contributed by atoms with E-state index in [0.717, 1.165) is 0 Å². The first-order valence-corrected chi connectivity index (χ1v) is 4.55. The number of nitro benzene ring substituents is 1. The van der Waals surface area contributed by atoms with E-state index >= 15 is 0 Å². The van der Waals surface area contributed by atoms with Crippen LogP contribution in [0.3, 0.4) is 0 Å². The van der Waals surface area contributed by atoms with Crippen LogP contribution in [0.5, 0.6) is 0 Å². The van der Waals surface area contributed by atoms with Gasteiger partial charge >= 0.3 is 0 Å². The van der Waals surface area contributed by atoms with Gasteiger partial charge in [0.15, 0.2) is 0 Å². The zero-order valence-electron chi connectivity index (χ0n) is 6.46. The van der Waals surface area contributed by atoms with Crippen LogP contribution in [0.1, 0.15) is 5.56 Å². The van der Waals surface area contributed by atoms with E-state index in [1.54, 1.807) is 6.07 Å². The third-order valence-electron chi connectivity index (χ3n) is 1.51. The zero-order chi connectivity index (χ0) is 10.0. The highest BCUT2D eigenvalue weighted by Crippen LogP contribution is 2.31. The Hall–Kier alpha value is -0.650. The van der Waals surface area contributed by atoms with Crippen molar-refractivity contribution in [1.29, 1.82) is 0 Å². The normalized spacial score (nSPS) is 10.1. The van der Waals surface area contributed by atoms with Crippen molar-refractivity contribution in [3.63, 3.8) is 0 Å². The molecule has 0 aliphatic carbocycles. The van der Waals surface area contributed by atoms with Gasteiger partial charge in [0.25, 0.3) is 5.69 Å². The maximum atomic E-state index is 10.5. The summed E-state index contributed by atoms with van der Waals surface area (Å²) in [4.78, 5) is 10.0. The molecule has 0 aliphatic rings. The van der Waals surface area contributed by atoms with Crippen molar-refractivity contribution >= 4 is 33.2 Å². The van der Waals surface area contributed by atoms with Gasteiger partial charge in [-0.3, -0.25) is 10.1 Å². The summed E-state index contributed by atoms with van der Waals surface area (Å²) >= 11 is 8.76. The molecular weight excluding hydrogens is 259 g/mol. The molecule has 0 fully saturated rings. The Labute approximate surface area is 88.0 Å². The minimum Gasteiger partial charge on any atom is -0.326 e. The quantitative estimate of drug-likeness (QED) is 0.659. The molecule has 1 rings (SSSR count). The predicted molar refractivity (Wildman–Crippen MR) is 53.7 cm³/mol. The van der Waals surface area contributed by atoms with Gasteiger partial charge in [0.05, 0.1) is 9.40 Å². The Morgan fingerprint density at radius 2 is 2.23 bits per heavy atom. The molecule has 1 aromatic rings. The minimum absolute atomic E-state index is 0.0621.